The first-order valence-corrected chi connectivity index (χ1v) is 8.15. The zero-order chi connectivity index (χ0) is 14.9. The summed E-state index contributed by atoms with van der Waals surface area (Å²) in [5.74, 6) is 2.20. The molecule has 112 valence electrons. The van der Waals surface area contributed by atoms with Crippen molar-refractivity contribution in [2.75, 3.05) is 5.32 Å². The molecule has 0 atom stereocenters. The Hall–Kier alpha value is -2.28. The highest BCUT2D eigenvalue weighted by atomic mass is 32.1. The van der Waals surface area contributed by atoms with E-state index in [0.717, 1.165) is 22.1 Å². The zero-order valence-electron chi connectivity index (χ0n) is 12.2. The Morgan fingerprint density at radius 1 is 1.32 bits per heavy atom. The fraction of sp³-hybridized carbons (Fsp3) is 0.333. The molecule has 2 aromatic heterocycles. The van der Waals surface area contributed by atoms with Crippen molar-refractivity contribution in [1.82, 2.24) is 25.4 Å². The van der Waals surface area contributed by atoms with E-state index in [1.807, 2.05) is 31.2 Å². The summed E-state index contributed by atoms with van der Waals surface area (Å²) in [7, 11) is 0. The standard InChI is InChI=1S/C15H16N6S/c1-9-17-14(20-18-9)11-3-2-4-12(7-11)16-8-13-19-21-15(22-13)10-5-6-10/h2-4,7,10,16H,5-6,8H2,1H3,(H,17,18,20). The predicted octanol–water partition coefficient (Wildman–Crippen LogP) is 3.12. The second-order valence-corrected chi connectivity index (χ2v) is 6.58. The maximum Gasteiger partial charge on any atom is 0.181 e. The van der Waals surface area contributed by atoms with Crippen molar-refractivity contribution < 1.29 is 0 Å². The summed E-state index contributed by atoms with van der Waals surface area (Å²) >= 11 is 1.71. The molecular formula is C15H16N6S. The third kappa shape index (κ3) is 2.85. The van der Waals surface area contributed by atoms with Crippen LogP contribution in [0.1, 0.15) is 34.6 Å². The summed E-state index contributed by atoms with van der Waals surface area (Å²) < 4.78 is 0. The normalized spacial score (nSPS) is 14.2. The summed E-state index contributed by atoms with van der Waals surface area (Å²) in [5.41, 5.74) is 2.02. The van der Waals surface area contributed by atoms with Gasteiger partial charge >= 0.3 is 0 Å². The van der Waals surface area contributed by atoms with Gasteiger partial charge in [0, 0.05) is 17.2 Å². The molecule has 4 rings (SSSR count). The molecule has 0 aliphatic heterocycles. The highest BCUT2D eigenvalue weighted by molar-refractivity contribution is 7.11. The molecule has 0 bridgehead atoms. The molecule has 1 aliphatic carbocycles. The number of aromatic amines is 1. The van der Waals surface area contributed by atoms with E-state index in [2.05, 4.69) is 30.7 Å². The zero-order valence-corrected chi connectivity index (χ0v) is 13.0. The van der Waals surface area contributed by atoms with E-state index >= 15 is 0 Å². The van der Waals surface area contributed by atoms with Crippen molar-refractivity contribution in [3.63, 3.8) is 0 Å². The lowest BCUT2D eigenvalue weighted by Crippen LogP contribution is -1.99. The van der Waals surface area contributed by atoms with E-state index in [4.69, 9.17) is 0 Å². The topological polar surface area (TPSA) is 79.4 Å². The van der Waals surface area contributed by atoms with Crippen LogP contribution in [0.5, 0.6) is 0 Å². The lowest BCUT2D eigenvalue weighted by molar-refractivity contribution is 0.934. The van der Waals surface area contributed by atoms with Crippen LogP contribution in [0.25, 0.3) is 11.4 Å². The maximum absolute atomic E-state index is 4.36. The summed E-state index contributed by atoms with van der Waals surface area (Å²) in [6.45, 7) is 2.59. The first-order valence-electron chi connectivity index (χ1n) is 7.33. The number of hydrogen-bond acceptors (Lipinski definition) is 6. The van der Waals surface area contributed by atoms with Gasteiger partial charge in [0.05, 0.1) is 6.54 Å². The van der Waals surface area contributed by atoms with Crippen LogP contribution in [0.15, 0.2) is 24.3 Å². The van der Waals surface area contributed by atoms with Crippen LogP contribution in [0.4, 0.5) is 5.69 Å². The van der Waals surface area contributed by atoms with Crippen molar-refractivity contribution in [2.24, 2.45) is 0 Å². The van der Waals surface area contributed by atoms with Crippen LogP contribution in [0.3, 0.4) is 0 Å². The minimum atomic E-state index is 0.670. The second-order valence-electron chi connectivity index (χ2n) is 5.49. The molecule has 2 heterocycles. The minimum Gasteiger partial charge on any atom is -0.378 e. The van der Waals surface area contributed by atoms with Crippen molar-refractivity contribution in [1.29, 1.82) is 0 Å². The Labute approximate surface area is 132 Å². The van der Waals surface area contributed by atoms with Gasteiger partial charge < -0.3 is 5.32 Å². The van der Waals surface area contributed by atoms with Gasteiger partial charge in [-0.1, -0.05) is 23.5 Å². The van der Waals surface area contributed by atoms with Crippen molar-refractivity contribution in [3.8, 4) is 11.4 Å². The smallest absolute Gasteiger partial charge is 0.181 e. The Morgan fingerprint density at radius 2 is 2.23 bits per heavy atom. The third-order valence-corrected chi connectivity index (χ3v) is 4.66. The van der Waals surface area contributed by atoms with Crippen LogP contribution in [-0.4, -0.2) is 25.4 Å². The van der Waals surface area contributed by atoms with Crippen molar-refractivity contribution in [3.05, 3.63) is 40.1 Å². The summed E-state index contributed by atoms with van der Waals surface area (Å²) in [6, 6.07) is 8.08. The number of anilines is 1. The highest BCUT2D eigenvalue weighted by Crippen LogP contribution is 2.41. The predicted molar refractivity (Wildman–Crippen MR) is 85.8 cm³/mol. The van der Waals surface area contributed by atoms with Gasteiger partial charge in [-0.3, -0.25) is 5.10 Å². The van der Waals surface area contributed by atoms with Crippen molar-refractivity contribution in [2.45, 2.75) is 32.2 Å². The monoisotopic (exact) mass is 312 g/mol. The first-order chi connectivity index (χ1) is 10.8. The number of benzene rings is 1. The molecular weight excluding hydrogens is 296 g/mol. The van der Waals surface area contributed by atoms with Crippen LogP contribution in [0, 0.1) is 6.92 Å². The van der Waals surface area contributed by atoms with Crippen LogP contribution < -0.4 is 5.32 Å². The molecule has 0 spiro atoms. The number of hydrogen-bond donors (Lipinski definition) is 2. The lowest BCUT2D eigenvalue weighted by atomic mass is 10.2. The van der Waals surface area contributed by atoms with Gasteiger partial charge in [-0.05, 0) is 31.9 Å². The number of H-pyrrole nitrogens is 1. The number of nitrogens with zero attached hydrogens (tertiary/aromatic N) is 4. The van der Waals surface area contributed by atoms with E-state index in [-0.39, 0.29) is 0 Å². The van der Waals surface area contributed by atoms with Gasteiger partial charge in [-0.15, -0.1) is 10.2 Å². The molecule has 6 nitrogen and oxygen atoms in total. The van der Waals surface area contributed by atoms with Crippen LogP contribution in [0.2, 0.25) is 0 Å². The average molecular weight is 312 g/mol. The van der Waals surface area contributed by atoms with Gasteiger partial charge in [-0.25, -0.2) is 4.98 Å². The van der Waals surface area contributed by atoms with Crippen LogP contribution in [-0.2, 0) is 6.54 Å². The average Bonchev–Trinajstić information content (AvgIpc) is 3.12. The summed E-state index contributed by atoms with van der Waals surface area (Å²) in [4.78, 5) is 4.36. The molecule has 1 saturated carbocycles. The third-order valence-electron chi connectivity index (χ3n) is 3.57. The number of aryl methyl sites for hydroxylation is 1. The van der Waals surface area contributed by atoms with Gasteiger partial charge in [0.25, 0.3) is 0 Å². The van der Waals surface area contributed by atoms with E-state index < -0.39 is 0 Å². The Balaban J connectivity index is 1.45. The molecule has 0 unspecified atom stereocenters. The molecule has 7 heteroatoms. The van der Waals surface area contributed by atoms with Gasteiger partial charge in [-0.2, -0.15) is 5.10 Å². The summed E-state index contributed by atoms with van der Waals surface area (Å²) in [5, 5.41) is 21.2. The van der Waals surface area contributed by atoms with Crippen molar-refractivity contribution >= 4 is 17.0 Å². The Kier molecular flexibility index (Phi) is 3.34. The molecule has 1 aliphatic rings. The van der Waals surface area contributed by atoms with Gasteiger partial charge in [0.1, 0.15) is 15.8 Å². The fourth-order valence-electron chi connectivity index (χ4n) is 2.25. The quantitative estimate of drug-likeness (QED) is 0.756. The first kappa shape index (κ1) is 13.4. The van der Waals surface area contributed by atoms with E-state index in [9.17, 15) is 0 Å². The Morgan fingerprint density at radius 3 is 3.00 bits per heavy atom. The number of nitrogens with one attached hydrogen (secondary N) is 2. The van der Waals surface area contributed by atoms with Gasteiger partial charge in [0.15, 0.2) is 5.82 Å². The molecule has 0 radical (unpaired) electrons. The SMILES string of the molecule is Cc1nc(-c2cccc(NCc3nnc(C4CC4)s3)c2)n[nH]1. The maximum atomic E-state index is 4.36. The molecule has 0 saturated heterocycles. The van der Waals surface area contributed by atoms with E-state index in [0.29, 0.717) is 18.3 Å². The van der Waals surface area contributed by atoms with E-state index in [1.165, 1.54) is 17.8 Å². The molecule has 2 N–H and O–H groups in total. The number of rotatable bonds is 5. The molecule has 3 aromatic rings. The fourth-order valence-corrected chi connectivity index (χ4v) is 3.20. The van der Waals surface area contributed by atoms with Gasteiger partial charge in [0.2, 0.25) is 0 Å². The molecule has 1 aromatic carbocycles. The lowest BCUT2D eigenvalue weighted by Gasteiger charge is -2.05. The Bertz CT molecular complexity index is 789. The largest absolute Gasteiger partial charge is 0.378 e. The molecule has 0 amide bonds. The number of aromatic nitrogens is 5. The highest BCUT2D eigenvalue weighted by Gasteiger charge is 2.27. The molecule has 22 heavy (non-hydrogen) atoms. The molecule has 1 fully saturated rings. The van der Waals surface area contributed by atoms with Crippen LogP contribution >= 0.6 is 11.3 Å². The van der Waals surface area contributed by atoms with E-state index in [1.54, 1.807) is 11.3 Å². The minimum absolute atomic E-state index is 0.670. The summed E-state index contributed by atoms with van der Waals surface area (Å²) in [6.07, 6.45) is 2.53. The second kappa shape index (κ2) is 5.49.